The zero-order valence-electron chi connectivity index (χ0n) is 10.9. The van der Waals surface area contributed by atoms with Gasteiger partial charge in [0.25, 0.3) is 0 Å². The Morgan fingerprint density at radius 3 is 2.38 bits per heavy atom. The van der Waals surface area contributed by atoms with E-state index in [0.29, 0.717) is 6.04 Å². The van der Waals surface area contributed by atoms with Crippen LogP contribution in [0.4, 0.5) is 4.79 Å². The summed E-state index contributed by atoms with van der Waals surface area (Å²) >= 11 is 0. The van der Waals surface area contributed by atoms with Gasteiger partial charge in [-0.05, 0) is 44.9 Å². The molecule has 3 heteroatoms. The van der Waals surface area contributed by atoms with E-state index in [9.17, 15) is 4.79 Å². The van der Waals surface area contributed by atoms with Crippen molar-refractivity contribution in [3.05, 3.63) is 0 Å². The first-order valence-electron chi connectivity index (χ1n) is 6.72. The van der Waals surface area contributed by atoms with Crippen LogP contribution in [0, 0.1) is 5.92 Å². The number of amides is 2. The van der Waals surface area contributed by atoms with Crippen molar-refractivity contribution in [2.75, 3.05) is 0 Å². The highest BCUT2D eigenvalue weighted by Gasteiger charge is 2.21. The molecule has 1 aliphatic carbocycles. The molecule has 0 spiro atoms. The third kappa shape index (κ3) is 4.42. The zero-order valence-corrected chi connectivity index (χ0v) is 10.9. The highest BCUT2D eigenvalue weighted by atomic mass is 16.2. The standard InChI is InChI=1S/C13H26N2O/c1-4-10(3)14-13(16)15-12-8-6-11(5-2)7-9-12/h10-12H,4-9H2,1-3H3,(H2,14,15,16). The lowest BCUT2D eigenvalue weighted by molar-refractivity contribution is 0.223. The molecule has 1 unspecified atom stereocenters. The summed E-state index contributed by atoms with van der Waals surface area (Å²) in [6.45, 7) is 6.37. The minimum Gasteiger partial charge on any atom is -0.336 e. The van der Waals surface area contributed by atoms with Gasteiger partial charge in [0.15, 0.2) is 0 Å². The molecule has 1 fully saturated rings. The van der Waals surface area contributed by atoms with Crippen molar-refractivity contribution >= 4 is 6.03 Å². The molecule has 0 aromatic carbocycles. The number of rotatable bonds is 4. The second-order valence-corrected chi connectivity index (χ2v) is 5.05. The average Bonchev–Trinajstić information content (AvgIpc) is 2.29. The molecule has 2 N–H and O–H groups in total. The number of urea groups is 1. The van der Waals surface area contributed by atoms with Crippen LogP contribution in [-0.4, -0.2) is 18.1 Å². The van der Waals surface area contributed by atoms with Crippen LogP contribution in [-0.2, 0) is 0 Å². The molecule has 0 bridgehead atoms. The molecule has 1 saturated carbocycles. The minimum atomic E-state index is 0.00861. The maximum atomic E-state index is 11.6. The van der Waals surface area contributed by atoms with Crippen LogP contribution in [0.3, 0.4) is 0 Å². The van der Waals surface area contributed by atoms with Crippen molar-refractivity contribution in [2.45, 2.75) is 71.4 Å². The van der Waals surface area contributed by atoms with Crippen LogP contribution in [0.1, 0.15) is 59.3 Å². The third-order valence-corrected chi connectivity index (χ3v) is 3.75. The van der Waals surface area contributed by atoms with Crippen molar-refractivity contribution in [1.82, 2.24) is 10.6 Å². The van der Waals surface area contributed by atoms with Crippen molar-refractivity contribution in [2.24, 2.45) is 5.92 Å². The van der Waals surface area contributed by atoms with E-state index in [1.165, 1.54) is 19.3 Å². The molecular formula is C13H26N2O. The fourth-order valence-corrected chi connectivity index (χ4v) is 2.27. The molecule has 0 radical (unpaired) electrons. The largest absolute Gasteiger partial charge is 0.336 e. The maximum absolute atomic E-state index is 11.6. The van der Waals surface area contributed by atoms with Gasteiger partial charge in [0.1, 0.15) is 0 Å². The number of carbonyl (C=O) groups is 1. The van der Waals surface area contributed by atoms with Crippen LogP contribution in [0.15, 0.2) is 0 Å². The van der Waals surface area contributed by atoms with Gasteiger partial charge in [-0.3, -0.25) is 0 Å². The van der Waals surface area contributed by atoms with E-state index in [4.69, 9.17) is 0 Å². The predicted octanol–water partition coefficient (Wildman–Crippen LogP) is 3.05. The third-order valence-electron chi connectivity index (χ3n) is 3.75. The van der Waals surface area contributed by atoms with E-state index in [1.54, 1.807) is 0 Å². The summed E-state index contributed by atoms with van der Waals surface area (Å²) in [5.74, 6) is 0.885. The zero-order chi connectivity index (χ0) is 12.0. The fraction of sp³-hybridized carbons (Fsp3) is 0.923. The van der Waals surface area contributed by atoms with Gasteiger partial charge < -0.3 is 10.6 Å². The maximum Gasteiger partial charge on any atom is 0.315 e. The number of carbonyl (C=O) groups excluding carboxylic acids is 1. The summed E-state index contributed by atoms with van der Waals surface area (Å²) in [7, 11) is 0. The van der Waals surface area contributed by atoms with E-state index >= 15 is 0 Å². The lowest BCUT2D eigenvalue weighted by Gasteiger charge is -2.28. The van der Waals surface area contributed by atoms with Crippen LogP contribution in [0.5, 0.6) is 0 Å². The molecule has 2 amide bonds. The topological polar surface area (TPSA) is 41.1 Å². The Morgan fingerprint density at radius 1 is 1.25 bits per heavy atom. The van der Waals surface area contributed by atoms with E-state index < -0.39 is 0 Å². The number of hydrogen-bond donors (Lipinski definition) is 2. The molecule has 0 saturated heterocycles. The average molecular weight is 226 g/mol. The molecule has 1 aliphatic rings. The fourth-order valence-electron chi connectivity index (χ4n) is 2.27. The molecule has 1 rings (SSSR count). The van der Waals surface area contributed by atoms with E-state index in [-0.39, 0.29) is 12.1 Å². The van der Waals surface area contributed by atoms with Gasteiger partial charge in [-0.25, -0.2) is 4.79 Å². The molecule has 0 aromatic heterocycles. The quantitative estimate of drug-likeness (QED) is 0.760. The van der Waals surface area contributed by atoms with Crippen LogP contribution < -0.4 is 10.6 Å². The molecule has 94 valence electrons. The Balaban J connectivity index is 2.20. The summed E-state index contributed by atoms with van der Waals surface area (Å²) in [6.07, 6.45) is 7.09. The van der Waals surface area contributed by atoms with Gasteiger partial charge in [0.2, 0.25) is 0 Å². The van der Waals surface area contributed by atoms with Gasteiger partial charge in [-0.1, -0.05) is 20.3 Å². The molecule has 16 heavy (non-hydrogen) atoms. The Kier molecular flexibility index (Phi) is 5.64. The van der Waals surface area contributed by atoms with E-state index in [0.717, 1.165) is 25.2 Å². The van der Waals surface area contributed by atoms with Crippen LogP contribution in [0.25, 0.3) is 0 Å². The summed E-state index contributed by atoms with van der Waals surface area (Å²) in [6, 6.07) is 0.674. The van der Waals surface area contributed by atoms with Crippen molar-refractivity contribution < 1.29 is 4.79 Å². The van der Waals surface area contributed by atoms with Crippen LogP contribution >= 0.6 is 0 Å². The first kappa shape index (κ1) is 13.3. The number of nitrogens with one attached hydrogen (secondary N) is 2. The molecular weight excluding hydrogens is 200 g/mol. The predicted molar refractivity (Wildman–Crippen MR) is 67.5 cm³/mol. The SMILES string of the molecule is CCC1CCC(NC(=O)NC(C)CC)CC1. The van der Waals surface area contributed by atoms with Crippen molar-refractivity contribution in [3.8, 4) is 0 Å². The Morgan fingerprint density at radius 2 is 1.88 bits per heavy atom. The van der Waals surface area contributed by atoms with Crippen LogP contribution in [0.2, 0.25) is 0 Å². The van der Waals surface area contributed by atoms with E-state index in [2.05, 4.69) is 24.5 Å². The molecule has 0 heterocycles. The number of hydrogen-bond acceptors (Lipinski definition) is 1. The van der Waals surface area contributed by atoms with Gasteiger partial charge in [-0.2, -0.15) is 0 Å². The van der Waals surface area contributed by atoms with E-state index in [1.807, 2.05) is 6.92 Å². The Labute approximate surface area is 99.4 Å². The second-order valence-electron chi connectivity index (χ2n) is 5.05. The van der Waals surface area contributed by atoms with Gasteiger partial charge >= 0.3 is 6.03 Å². The Bertz CT molecular complexity index is 210. The first-order valence-corrected chi connectivity index (χ1v) is 6.72. The molecule has 1 atom stereocenters. The molecule has 0 aromatic rings. The normalized spacial score (nSPS) is 27.2. The lowest BCUT2D eigenvalue weighted by Crippen LogP contribution is -2.46. The monoisotopic (exact) mass is 226 g/mol. The van der Waals surface area contributed by atoms with Crippen molar-refractivity contribution in [3.63, 3.8) is 0 Å². The minimum absolute atomic E-state index is 0.00861. The smallest absolute Gasteiger partial charge is 0.315 e. The molecule has 0 aliphatic heterocycles. The Hall–Kier alpha value is -0.730. The van der Waals surface area contributed by atoms with Crippen molar-refractivity contribution in [1.29, 1.82) is 0 Å². The summed E-state index contributed by atoms with van der Waals surface area (Å²) in [4.78, 5) is 11.6. The highest BCUT2D eigenvalue weighted by molar-refractivity contribution is 5.74. The summed E-state index contributed by atoms with van der Waals surface area (Å²) < 4.78 is 0. The molecule has 3 nitrogen and oxygen atoms in total. The second kappa shape index (κ2) is 6.77. The lowest BCUT2D eigenvalue weighted by atomic mass is 9.85. The van der Waals surface area contributed by atoms with Gasteiger partial charge in [-0.15, -0.1) is 0 Å². The summed E-state index contributed by atoms with van der Waals surface area (Å²) in [5, 5.41) is 6.03. The summed E-state index contributed by atoms with van der Waals surface area (Å²) in [5.41, 5.74) is 0. The highest BCUT2D eigenvalue weighted by Crippen LogP contribution is 2.26. The van der Waals surface area contributed by atoms with Gasteiger partial charge in [0, 0.05) is 12.1 Å². The van der Waals surface area contributed by atoms with Gasteiger partial charge in [0.05, 0.1) is 0 Å². The first-order chi connectivity index (χ1) is 7.65.